The van der Waals surface area contributed by atoms with Gasteiger partial charge in [0.05, 0.1) is 5.69 Å². The normalized spacial score (nSPS) is 16.2. The molecule has 0 bridgehead atoms. The molecule has 0 saturated carbocycles. The van der Waals surface area contributed by atoms with Gasteiger partial charge in [-0.1, -0.05) is 25.3 Å². The van der Waals surface area contributed by atoms with Crippen LogP contribution in [0.5, 0.6) is 0 Å². The number of rotatable bonds is 6. The highest BCUT2D eigenvalue weighted by Gasteiger charge is 2.29. The fourth-order valence-electron chi connectivity index (χ4n) is 3.20. The number of nitrogens with one attached hydrogen (secondary N) is 1. The van der Waals surface area contributed by atoms with E-state index in [0.717, 1.165) is 48.0 Å². The third-order valence-corrected chi connectivity index (χ3v) is 4.50. The van der Waals surface area contributed by atoms with Crippen molar-refractivity contribution in [3.8, 4) is 0 Å². The van der Waals surface area contributed by atoms with Gasteiger partial charge in [0.15, 0.2) is 0 Å². The second-order valence-electron chi connectivity index (χ2n) is 6.36. The van der Waals surface area contributed by atoms with Crippen molar-refractivity contribution in [2.24, 2.45) is 5.73 Å². The van der Waals surface area contributed by atoms with Gasteiger partial charge in [-0.05, 0) is 62.1 Å². The number of hydrogen-bond acceptors (Lipinski definition) is 5. The van der Waals surface area contributed by atoms with E-state index in [1.807, 2.05) is 31.3 Å². The van der Waals surface area contributed by atoms with Gasteiger partial charge >= 0.3 is 0 Å². The van der Waals surface area contributed by atoms with Gasteiger partial charge in [-0.25, -0.2) is 9.97 Å². The van der Waals surface area contributed by atoms with E-state index in [-0.39, 0.29) is 6.04 Å². The second kappa shape index (κ2) is 7.49. The second-order valence-corrected chi connectivity index (χ2v) is 6.36. The summed E-state index contributed by atoms with van der Waals surface area (Å²) >= 11 is 0. The summed E-state index contributed by atoms with van der Waals surface area (Å²) in [7, 11) is 0. The summed E-state index contributed by atoms with van der Waals surface area (Å²) in [6.45, 7) is 10.7. The van der Waals surface area contributed by atoms with Crippen LogP contribution in [-0.4, -0.2) is 22.6 Å². The molecule has 1 aliphatic heterocycles. The Morgan fingerprint density at radius 2 is 2.24 bits per heavy atom. The highest BCUT2D eigenvalue weighted by Crippen LogP contribution is 2.33. The minimum absolute atomic E-state index is 0.274. The third kappa shape index (κ3) is 3.72. The van der Waals surface area contributed by atoms with Crippen LogP contribution in [-0.2, 0) is 6.42 Å². The Hall–Kier alpha value is -2.66. The number of fused-ring (bicyclic) bond motifs is 1. The third-order valence-electron chi connectivity index (χ3n) is 4.50. The lowest BCUT2D eigenvalue weighted by atomic mass is 9.96. The number of hydrogen-bond donors (Lipinski definition) is 2. The largest absolute Gasteiger partial charge is 0.330 e. The quantitative estimate of drug-likeness (QED) is 0.846. The van der Waals surface area contributed by atoms with Crippen molar-refractivity contribution in [2.75, 3.05) is 16.8 Å². The molecular formula is C20H25N5. The minimum Gasteiger partial charge on any atom is -0.330 e. The Morgan fingerprint density at radius 1 is 1.40 bits per heavy atom. The molecule has 3 heterocycles. The molecule has 0 radical (unpaired) electrons. The average Bonchev–Trinajstić information content (AvgIpc) is 2.63. The van der Waals surface area contributed by atoms with Crippen LogP contribution in [0, 0.1) is 6.92 Å². The maximum Gasteiger partial charge on any atom is 0.138 e. The van der Waals surface area contributed by atoms with Crippen molar-refractivity contribution in [3.05, 3.63) is 66.3 Å². The Labute approximate surface area is 149 Å². The monoisotopic (exact) mass is 335 g/mol. The molecule has 2 aromatic heterocycles. The van der Waals surface area contributed by atoms with Crippen LogP contribution in [0.3, 0.4) is 0 Å². The van der Waals surface area contributed by atoms with Crippen LogP contribution < -0.4 is 16.0 Å². The summed E-state index contributed by atoms with van der Waals surface area (Å²) in [4.78, 5) is 11.3. The molecule has 0 spiro atoms. The number of aromatic nitrogens is 2. The summed E-state index contributed by atoms with van der Waals surface area (Å²) in [5.74, 6) is 2.48. The van der Waals surface area contributed by atoms with E-state index < -0.39 is 0 Å². The Morgan fingerprint density at radius 3 is 2.92 bits per heavy atom. The summed E-state index contributed by atoms with van der Waals surface area (Å²) in [5, 5.41) is 3.32. The van der Waals surface area contributed by atoms with Crippen LogP contribution >= 0.6 is 0 Å². The van der Waals surface area contributed by atoms with Gasteiger partial charge < -0.3 is 16.0 Å². The molecule has 3 rings (SSSR count). The first kappa shape index (κ1) is 17.2. The number of pyridine rings is 2. The molecule has 1 atom stereocenters. The molecule has 3 N–H and O–H groups in total. The lowest BCUT2D eigenvalue weighted by molar-refractivity contribution is 0.524. The maximum atomic E-state index is 5.84. The smallest absolute Gasteiger partial charge is 0.138 e. The Bertz CT molecular complexity index is 766. The number of nitrogens with two attached hydrogens (primary N) is 1. The highest BCUT2D eigenvalue weighted by atomic mass is 15.3. The molecule has 2 aromatic rings. The molecule has 0 aliphatic carbocycles. The zero-order valence-corrected chi connectivity index (χ0v) is 14.7. The molecule has 130 valence electrons. The van der Waals surface area contributed by atoms with E-state index in [0.29, 0.717) is 6.54 Å². The topological polar surface area (TPSA) is 67.1 Å². The minimum atomic E-state index is 0.274. The summed E-state index contributed by atoms with van der Waals surface area (Å²) in [6.07, 6.45) is 6.52. The van der Waals surface area contributed by atoms with Gasteiger partial charge in [-0.15, -0.1) is 0 Å². The zero-order chi connectivity index (χ0) is 17.8. The van der Waals surface area contributed by atoms with E-state index in [9.17, 15) is 0 Å². The fourth-order valence-corrected chi connectivity index (χ4v) is 3.20. The zero-order valence-electron chi connectivity index (χ0n) is 14.7. The molecular weight excluding hydrogens is 310 g/mol. The average molecular weight is 335 g/mol. The standard InChI is InChI=1S/C20H25N5/c1-4-17-8-6-16-7-9-18(11-12-21)25(20(16)24-17)15(3)23-19-10-5-14(2)13-22-19/h4-6,8,10,13,18H,1,3,7,9,11-12,21H2,2H3,(H,22,23)/t18-/m1/s1. The van der Waals surface area contributed by atoms with Crippen molar-refractivity contribution < 1.29 is 0 Å². The Kier molecular flexibility index (Phi) is 5.14. The molecule has 0 amide bonds. The van der Waals surface area contributed by atoms with Gasteiger partial charge in [0, 0.05) is 12.2 Å². The first-order valence-corrected chi connectivity index (χ1v) is 8.62. The van der Waals surface area contributed by atoms with Gasteiger partial charge in [0.1, 0.15) is 17.5 Å². The first-order valence-electron chi connectivity index (χ1n) is 8.62. The molecule has 0 saturated heterocycles. The van der Waals surface area contributed by atoms with Gasteiger partial charge in [-0.2, -0.15) is 0 Å². The van der Waals surface area contributed by atoms with Crippen LogP contribution in [0.4, 0.5) is 11.6 Å². The van der Waals surface area contributed by atoms with Gasteiger partial charge in [-0.3, -0.25) is 0 Å². The molecule has 0 fully saturated rings. The summed E-state index contributed by atoms with van der Waals surface area (Å²) in [6, 6.07) is 8.39. The van der Waals surface area contributed by atoms with Crippen LogP contribution in [0.25, 0.3) is 6.08 Å². The van der Waals surface area contributed by atoms with Gasteiger partial charge in [0.25, 0.3) is 0 Å². The van der Waals surface area contributed by atoms with Crippen molar-refractivity contribution in [3.63, 3.8) is 0 Å². The van der Waals surface area contributed by atoms with Crippen molar-refractivity contribution >= 4 is 17.7 Å². The molecule has 0 unspecified atom stereocenters. The van der Waals surface area contributed by atoms with Crippen LogP contribution in [0.2, 0.25) is 0 Å². The number of anilines is 2. The lowest BCUT2D eigenvalue weighted by Crippen LogP contribution is -2.42. The van der Waals surface area contributed by atoms with E-state index >= 15 is 0 Å². The van der Waals surface area contributed by atoms with Crippen LogP contribution in [0.1, 0.15) is 29.7 Å². The molecule has 0 aromatic carbocycles. The molecule has 1 aliphatic rings. The van der Waals surface area contributed by atoms with E-state index in [1.54, 1.807) is 6.08 Å². The summed E-state index contributed by atoms with van der Waals surface area (Å²) in [5.41, 5.74) is 9.04. The SMILES string of the molecule is C=Cc1ccc2c(n1)N(C(=C)Nc1ccc(C)cn1)[C@@H](CCN)CC2. The predicted octanol–water partition coefficient (Wildman–Crippen LogP) is 3.48. The number of nitrogens with zero attached hydrogens (tertiary/aromatic N) is 3. The van der Waals surface area contributed by atoms with Crippen molar-refractivity contribution in [1.29, 1.82) is 0 Å². The van der Waals surface area contributed by atoms with Crippen molar-refractivity contribution in [2.45, 2.75) is 32.2 Å². The maximum absolute atomic E-state index is 5.84. The fraction of sp³-hybridized carbons (Fsp3) is 0.300. The van der Waals surface area contributed by atoms with E-state index in [2.05, 4.69) is 34.4 Å². The van der Waals surface area contributed by atoms with Gasteiger partial charge in [0.2, 0.25) is 0 Å². The van der Waals surface area contributed by atoms with E-state index in [1.165, 1.54) is 5.56 Å². The highest BCUT2D eigenvalue weighted by molar-refractivity contribution is 5.61. The first-order chi connectivity index (χ1) is 12.1. The van der Waals surface area contributed by atoms with Crippen molar-refractivity contribution in [1.82, 2.24) is 9.97 Å². The lowest BCUT2D eigenvalue weighted by Gasteiger charge is -2.39. The van der Waals surface area contributed by atoms with E-state index in [4.69, 9.17) is 10.7 Å². The predicted molar refractivity (Wildman–Crippen MR) is 104 cm³/mol. The molecule has 25 heavy (non-hydrogen) atoms. The molecule has 5 nitrogen and oxygen atoms in total. The Balaban J connectivity index is 1.93. The number of aryl methyl sites for hydroxylation is 2. The van der Waals surface area contributed by atoms with Crippen LogP contribution in [0.15, 0.2) is 49.4 Å². The summed E-state index contributed by atoms with van der Waals surface area (Å²) < 4.78 is 0. The molecule has 5 heteroatoms.